The van der Waals surface area contributed by atoms with Gasteiger partial charge in [-0.05, 0) is 53.8 Å². The summed E-state index contributed by atoms with van der Waals surface area (Å²) in [6, 6.07) is 15.7. The van der Waals surface area contributed by atoms with Gasteiger partial charge in [0.15, 0.2) is 0 Å². The van der Waals surface area contributed by atoms with Crippen molar-refractivity contribution in [1.82, 2.24) is 0 Å². The number of rotatable bonds is 6. The lowest BCUT2D eigenvalue weighted by atomic mass is 10.3. The molecule has 0 aliphatic heterocycles. The van der Waals surface area contributed by atoms with Gasteiger partial charge < -0.3 is 9.47 Å². The molecule has 0 aliphatic rings. The van der Waals surface area contributed by atoms with Gasteiger partial charge in [-0.3, -0.25) is 0 Å². The fourth-order valence-electron chi connectivity index (χ4n) is 1.72. The normalized spacial score (nSPS) is 14.9. The molecule has 0 bridgehead atoms. The first kappa shape index (κ1) is 18.4. The SMILES string of the molecule is COc1ccc([PH](=S)S[P@](=S)(S)c2ccc(OC)cc2)cc1. The van der Waals surface area contributed by atoms with Crippen LogP contribution in [-0.4, -0.2) is 14.2 Å². The molecule has 118 valence electrons. The topological polar surface area (TPSA) is 18.5 Å². The van der Waals surface area contributed by atoms with Crippen molar-refractivity contribution in [2.75, 3.05) is 14.2 Å². The van der Waals surface area contributed by atoms with Crippen LogP contribution in [-0.2, 0) is 23.6 Å². The average molecular weight is 406 g/mol. The van der Waals surface area contributed by atoms with Crippen LogP contribution in [0, 0.1) is 0 Å². The molecule has 2 atom stereocenters. The largest absolute Gasteiger partial charge is 0.497 e. The number of benzene rings is 2. The van der Waals surface area contributed by atoms with Gasteiger partial charge in [0.1, 0.15) is 11.5 Å². The summed E-state index contributed by atoms with van der Waals surface area (Å²) in [5, 5.41) is 2.19. The third kappa shape index (κ3) is 4.77. The maximum Gasteiger partial charge on any atom is 0.118 e. The molecular weight excluding hydrogens is 390 g/mol. The summed E-state index contributed by atoms with van der Waals surface area (Å²) in [6.45, 7) is 0. The molecule has 2 aromatic carbocycles. The number of thiol groups is 1. The fourth-order valence-corrected chi connectivity index (χ4v) is 20.3. The highest BCUT2D eigenvalue weighted by Gasteiger charge is 2.18. The van der Waals surface area contributed by atoms with Crippen LogP contribution in [0.4, 0.5) is 0 Å². The van der Waals surface area contributed by atoms with Crippen molar-refractivity contribution in [2.45, 2.75) is 0 Å². The van der Waals surface area contributed by atoms with E-state index in [9.17, 15) is 0 Å². The second-order valence-corrected chi connectivity index (χ2v) is 20.0. The van der Waals surface area contributed by atoms with E-state index in [1.165, 1.54) is 0 Å². The fraction of sp³-hybridized carbons (Fsp3) is 0.143. The molecule has 2 aromatic rings. The van der Waals surface area contributed by atoms with Crippen molar-refractivity contribution in [3.8, 4) is 11.5 Å². The molecule has 2 rings (SSSR count). The van der Waals surface area contributed by atoms with Gasteiger partial charge in [-0.15, -0.1) is 12.2 Å². The summed E-state index contributed by atoms with van der Waals surface area (Å²) >= 11 is 17.8. The van der Waals surface area contributed by atoms with Crippen molar-refractivity contribution in [3.63, 3.8) is 0 Å². The van der Waals surface area contributed by atoms with Crippen LogP contribution in [0.1, 0.15) is 0 Å². The van der Waals surface area contributed by atoms with Gasteiger partial charge in [0.25, 0.3) is 0 Å². The Hall–Kier alpha value is 0.0400. The predicted octanol–water partition coefficient (Wildman–Crippen LogP) is 4.22. The van der Waals surface area contributed by atoms with E-state index < -0.39 is 10.3 Å². The molecule has 22 heavy (non-hydrogen) atoms. The van der Waals surface area contributed by atoms with Crippen LogP contribution in [0.5, 0.6) is 11.5 Å². The maximum atomic E-state index is 5.75. The Balaban J connectivity index is 2.15. The molecule has 0 saturated carbocycles. The molecule has 0 radical (unpaired) electrons. The summed E-state index contributed by atoms with van der Waals surface area (Å²) in [7, 11) is 3.30. The highest BCUT2D eigenvalue weighted by Crippen LogP contribution is 2.71. The second kappa shape index (κ2) is 8.23. The minimum atomic E-state index is -2.02. The van der Waals surface area contributed by atoms with Gasteiger partial charge in [-0.2, -0.15) is 0 Å². The van der Waals surface area contributed by atoms with Crippen molar-refractivity contribution < 1.29 is 9.47 Å². The van der Waals surface area contributed by atoms with E-state index in [0.717, 1.165) is 22.1 Å². The molecular formula is C14H16O2P2S4. The molecule has 0 fully saturated rings. The number of hydrogen-bond donors (Lipinski definition) is 1. The first-order valence-electron chi connectivity index (χ1n) is 6.31. The van der Waals surface area contributed by atoms with Crippen LogP contribution in [0.15, 0.2) is 48.5 Å². The van der Waals surface area contributed by atoms with E-state index in [1.807, 2.05) is 48.5 Å². The quantitative estimate of drug-likeness (QED) is 0.570. The second-order valence-electron chi connectivity index (χ2n) is 4.33. The van der Waals surface area contributed by atoms with E-state index in [1.54, 1.807) is 25.2 Å². The van der Waals surface area contributed by atoms with Gasteiger partial charge >= 0.3 is 0 Å². The Morgan fingerprint density at radius 1 is 0.955 bits per heavy atom. The average Bonchev–Trinajstić information content (AvgIpc) is 2.54. The lowest BCUT2D eigenvalue weighted by molar-refractivity contribution is 0.415. The van der Waals surface area contributed by atoms with E-state index in [4.69, 9.17) is 45.3 Å². The van der Waals surface area contributed by atoms with E-state index in [2.05, 4.69) is 0 Å². The summed E-state index contributed by atoms with van der Waals surface area (Å²) in [6.07, 6.45) is 0. The lowest BCUT2D eigenvalue weighted by Crippen LogP contribution is -1.99. The highest BCUT2D eigenvalue weighted by molar-refractivity contribution is 9.12. The summed E-state index contributed by atoms with van der Waals surface area (Å²) < 4.78 is 8.33. The van der Waals surface area contributed by atoms with Gasteiger partial charge in [0, 0.05) is 11.2 Å². The smallest absolute Gasteiger partial charge is 0.118 e. The molecule has 2 nitrogen and oxygen atoms in total. The highest BCUT2D eigenvalue weighted by atomic mass is 33.4. The number of ether oxygens (including phenoxy) is 2. The van der Waals surface area contributed by atoms with Crippen LogP contribution in [0.2, 0.25) is 0 Å². The van der Waals surface area contributed by atoms with Crippen molar-refractivity contribution in [2.24, 2.45) is 0 Å². The Kier molecular flexibility index (Phi) is 6.88. The van der Waals surface area contributed by atoms with Crippen LogP contribution in [0.25, 0.3) is 0 Å². The van der Waals surface area contributed by atoms with Crippen molar-refractivity contribution in [1.29, 1.82) is 0 Å². The minimum Gasteiger partial charge on any atom is -0.497 e. The van der Waals surface area contributed by atoms with Crippen LogP contribution >= 0.6 is 33.6 Å². The van der Waals surface area contributed by atoms with Crippen molar-refractivity contribution in [3.05, 3.63) is 48.5 Å². The Morgan fingerprint density at radius 2 is 1.41 bits per heavy atom. The van der Waals surface area contributed by atoms with Gasteiger partial charge in [-0.1, -0.05) is 34.6 Å². The molecule has 0 spiro atoms. The third-order valence-corrected chi connectivity index (χ3v) is 19.7. The Bertz CT molecular complexity index is 702. The predicted molar refractivity (Wildman–Crippen MR) is 112 cm³/mol. The number of hydrogen-bond acceptors (Lipinski definition) is 5. The Labute approximate surface area is 151 Å². The van der Waals surface area contributed by atoms with Gasteiger partial charge in [0.05, 0.1) is 18.7 Å². The Morgan fingerprint density at radius 3 is 1.86 bits per heavy atom. The number of methoxy groups -OCH3 is 2. The summed E-state index contributed by atoms with van der Waals surface area (Å²) in [5.41, 5.74) is 0. The zero-order valence-electron chi connectivity index (χ0n) is 12.1. The molecule has 8 heteroatoms. The van der Waals surface area contributed by atoms with Crippen LogP contribution < -0.4 is 20.1 Å². The minimum absolute atomic E-state index is 0.816. The van der Waals surface area contributed by atoms with E-state index in [0.29, 0.717) is 0 Å². The standard InChI is InChI=1S/C14H16O2P2S4/c1-15-11-3-7-13(8-4-11)17(19)22-18(20,21)14-9-5-12(16-2)6-10-14/h3-10,17H,1-2H3,(H,20,21). The monoisotopic (exact) mass is 406 g/mol. The van der Waals surface area contributed by atoms with Gasteiger partial charge in [-0.25, -0.2) is 0 Å². The van der Waals surface area contributed by atoms with Crippen molar-refractivity contribution >= 4 is 67.8 Å². The molecule has 0 heterocycles. The molecule has 0 aromatic heterocycles. The third-order valence-electron chi connectivity index (χ3n) is 2.93. The molecule has 0 amide bonds. The molecule has 0 saturated heterocycles. The first-order valence-corrected chi connectivity index (χ1v) is 15.0. The molecule has 1 unspecified atom stereocenters. The zero-order valence-corrected chi connectivity index (χ0v) is 17.3. The maximum absolute atomic E-state index is 5.75. The molecule has 0 N–H and O–H groups in total. The lowest BCUT2D eigenvalue weighted by Gasteiger charge is -2.17. The van der Waals surface area contributed by atoms with E-state index in [-0.39, 0.29) is 0 Å². The summed E-state index contributed by atoms with van der Waals surface area (Å²) in [5.74, 6) is 0.419. The van der Waals surface area contributed by atoms with E-state index >= 15 is 0 Å². The van der Waals surface area contributed by atoms with Gasteiger partial charge in [0.2, 0.25) is 0 Å². The summed E-state index contributed by atoms with van der Waals surface area (Å²) in [4.78, 5) is 0. The van der Waals surface area contributed by atoms with Crippen LogP contribution in [0.3, 0.4) is 0 Å². The molecule has 0 aliphatic carbocycles. The zero-order chi connectivity index (χ0) is 16.2. The first-order chi connectivity index (χ1) is 10.5.